The Labute approximate surface area is 218 Å². The zero-order valence-electron chi connectivity index (χ0n) is 23.4. The number of hydrogen-bond donors (Lipinski definition) is 1. The molecule has 2 atom stereocenters. The molecule has 0 bridgehead atoms. The Morgan fingerprint density at radius 3 is 1.69 bits per heavy atom. The highest BCUT2D eigenvalue weighted by Gasteiger charge is 2.26. The van der Waals surface area contributed by atoms with Gasteiger partial charge >= 0.3 is 0 Å². The molecule has 0 aliphatic heterocycles. The van der Waals surface area contributed by atoms with E-state index in [1.165, 1.54) is 134 Å². The third-order valence-electron chi connectivity index (χ3n) is 7.87. The van der Waals surface area contributed by atoms with Gasteiger partial charge in [-0.3, -0.25) is 4.98 Å². The van der Waals surface area contributed by atoms with Crippen LogP contribution in [-0.2, 0) is 6.42 Å². The Morgan fingerprint density at radius 1 is 0.629 bits per heavy atom. The zero-order valence-corrected chi connectivity index (χ0v) is 23.4. The summed E-state index contributed by atoms with van der Waals surface area (Å²) in [6.45, 7) is 4.62. The number of aromatic amines is 1. The van der Waals surface area contributed by atoms with Gasteiger partial charge in [-0.15, -0.1) is 0 Å². The van der Waals surface area contributed by atoms with Gasteiger partial charge in [0.2, 0.25) is 6.33 Å². The van der Waals surface area contributed by atoms with E-state index in [2.05, 4.69) is 72.5 Å². The van der Waals surface area contributed by atoms with Crippen LogP contribution in [0.4, 0.5) is 0 Å². The van der Waals surface area contributed by atoms with Gasteiger partial charge in [-0.2, -0.15) is 0 Å². The molecule has 2 unspecified atom stereocenters. The molecule has 0 amide bonds. The molecule has 2 heteroatoms. The number of hydrogen-bond acceptors (Lipinski definition) is 0. The van der Waals surface area contributed by atoms with E-state index in [4.69, 9.17) is 0 Å². The monoisotopic (exact) mass is 481 g/mol. The number of unbranched alkanes of at least 4 members (excludes halogenated alkanes) is 15. The standard InChI is InChI=1S/C33H56N2/c1-3-5-7-8-9-10-11-12-13-14-15-16-17-18-22-25-32(29-31-23-20-19-21-24-31)33(26-6-4-2)35-28-27-34-30-35/h19-21,23-24,27-28,30,32-33H,3-18,22,25-26,29H2,1-2H3/p+1. The first-order chi connectivity index (χ1) is 17.3. The van der Waals surface area contributed by atoms with Gasteiger partial charge in [0.05, 0.1) is 0 Å². The zero-order chi connectivity index (χ0) is 24.8. The molecule has 0 saturated heterocycles. The van der Waals surface area contributed by atoms with Crippen LogP contribution in [0.25, 0.3) is 0 Å². The summed E-state index contributed by atoms with van der Waals surface area (Å²) in [5.74, 6) is 0.715. The van der Waals surface area contributed by atoms with Crippen molar-refractivity contribution in [3.63, 3.8) is 0 Å². The topological polar surface area (TPSA) is 19.7 Å². The van der Waals surface area contributed by atoms with Crippen LogP contribution in [-0.4, -0.2) is 4.98 Å². The lowest BCUT2D eigenvalue weighted by atomic mass is 9.84. The Kier molecular flexibility index (Phi) is 17.5. The average molecular weight is 482 g/mol. The molecule has 0 fully saturated rings. The molecular weight excluding hydrogens is 424 g/mol. The average Bonchev–Trinajstić information content (AvgIpc) is 3.41. The lowest BCUT2D eigenvalue weighted by molar-refractivity contribution is -0.730. The van der Waals surface area contributed by atoms with Gasteiger partial charge in [0.25, 0.3) is 0 Å². The largest absolute Gasteiger partial charge is 0.250 e. The van der Waals surface area contributed by atoms with Crippen LogP contribution in [0.1, 0.15) is 147 Å². The highest BCUT2D eigenvalue weighted by Crippen LogP contribution is 2.28. The summed E-state index contributed by atoms with van der Waals surface area (Å²) in [4.78, 5) is 3.29. The van der Waals surface area contributed by atoms with E-state index in [1.54, 1.807) is 0 Å². The van der Waals surface area contributed by atoms with E-state index in [-0.39, 0.29) is 0 Å². The fourth-order valence-corrected chi connectivity index (χ4v) is 5.67. The molecule has 0 aliphatic carbocycles. The third kappa shape index (κ3) is 13.9. The van der Waals surface area contributed by atoms with Gasteiger partial charge in [-0.25, -0.2) is 4.57 Å². The first-order valence-electron chi connectivity index (χ1n) is 15.4. The van der Waals surface area contributed by atoms with E-state index in [1.807, 2.05) is 0 Å². The van der Waals surface area contributed by atoms with Crippen LogP contribution >= 0.6 is 0 Å². The molecule has 2 aromatic rings. The third-order valence-corrected chi connectivity index (χ3v) is 7.87. The molecule has 0 aliphatic rings. The number of benzene rings is 1. The SMILES string of the molecule is CCCCCCCCCCCCCCCCCC(Cc1ccccc1)C(CCCC)[n+]1cc[nH]c1. The molecule has 1 aromatic carbocycles. The normalized spacial score (nSPS) is 13.2. The number of nitrogens with zero attached hydrogens (tertiary/aromatic N) is 1. The van der Waals surface area contributed by atoms with Gasteiger partial charge < -0.3 is 0 Å². The number of nitrogens with one attached hydrogen (secondary N) is 1. The number of imidazole rings is 1. The van der Waals surface area contributed by atoms with Crippen molar-refractivity contribution in [2.45, 2.75) is 148 Å². The molecule has 1 heterocycles. The predicted molar refractivity (Wildman–Crippen MR) is 153 cm³/mol. The summed E-state index contributed by atoms with van der Waals surface area (Å²) >= 11 is 0. The van der Waals surface area contributed by atoms with Crippen molar-refractivity contribution in [1.82, 2.24) is 4.98 Å². The van der Waals surface area contributed by atoms with Crippen molar-refractivity contribution in [2.75, 3.05) is 0 Å². The molecule has 0 radical (unpaired) electrons. The minimum absolute atomic E-state index is 0.605. The summed E-state index contributed by atoms with van der Waals surface area (Å²) in [6.07, 6.45) is 34.5. The van der Waals surface area contributed by atoms with Gasteiger partial charge in [-0.05, 0) is 31.2 Å². The van der Waals surface area contributed by atoms with E-state index in [0.29, 0.717) is 12.0 Å². The molecular formula is C33H57N2+. The van der Waals surface area contributed by atoms with Crippen molar-refractivity contribution in [2.24, 2.45) is 5.92 Å². The Hall–Kier alpha value is -1.57. The highest BCUT2D eigenvalue weighted by atomic mass is 15.1. The van der Waals surface area contributed by atoms with Crippen molar-refractivity contribution >= 4 is 0 Å². The number of rotatable bonds is 23. The molecule has 0 saturated carbocycles. The molecule has 0 spiro atoms. The second kappa shape index (κ2) is 20.6. The molecule has 1 N–H and O–H groups in total. The fraction of sp³-hybridized carbons (Fsp3) is 0.727. The lowest BCUT2D eigenvalue weighted by Gasteiger charge is -2.25. The number of aromatic nitrogens is 2. The van der Waals surface area contributed by atoms with Gasteiger partial charge in [-0.1, -0.05) is 147 Å². The highest BCUT2D eigenvalue weighted by molar-refractivity contribution is 5.15. The molecule has 35 heavy (non-hydrogen) atoms. The van der Waals surface area contributed by atoms with Crippen LogP contribution in [0.3, 0.4) is 0 Å². The van der Waals surface area contributed by atoms with Crippen LogP contribution in [0.5, 0.6) is 0 Å². The first kappa shape index (κ1) is 29.7. The van der Waals surface area contributed by atoms with Gasteiger partial charge in [0.1, 0.15) is 18.4 Å². The first-order valence-corrected chi connectivity index (χ1v) is 15.4. The fourth-order valence-electron chi connectivity index (χ4n) is 5.67. The molecule has 2 rings (SSSR count). The summed E-state index contributed by atoms with van der Waals surface area (Å²) < 4.78 is 2.45. The predicted octanol–water partition coefficient (Wildman–Crippen LogP) is 10.2. The maximum absolute atomic E-state index is 3.29. The second-order valence-electron chi connectivity index (χ2n) is 11.0. The van der Waals surface area contributed by atoms with Gasteiger partial charge in [0.15, 0.2) is 0 Å². The summed E-state index contributed by atoms with van der Waals surface area (Å²) in [6, 6.07) is 11.8. The van der Waals surface area contributed by atoms with Crippen molar-refractivity contribution in [3.8, 4) is 0 Å². The maximum atomic E-state index is 3.29. The summed E-state index contributed by atoms with van der Waals surface area (Å²) in [5, 5.41) is 0. The van der Waals surface area contributed by atoms with Gasteiger partial charge in [0, 0.05) is 5.92 Å². The minimum atomic E-state index is 0.605. The summed E-state index contributed by atoms with van der Waals surface area (Å²) in [7, 11) is 0. The molecule has 198 valence electrons. The van der Waals surface area contributed by atoms with Crippen LogP contribution < -0.4 is 4.57 Å². The number of H-pyrrole nitrogens is 1. The molecule has 1 aromatic heterocycles. The van der Waals surface area contributed by atoms with E-state index in [0.717, 1.165) is 0 Å². The van der Waals surface area contributed by atoms with E-state index < -0.39 is 0 Å². The Bertz CT molecular complexity index is 678. The van der Waals surface area contributed by atoms with Crippen LogP contribution in [0, 0.1) is 5.92 Å². The van der Waals surface area contributed by atoms with Crippen molar-refractivity contribution in [1.29, 1.82) is 0 Å². The minimum Gasteiger partial charge on any atom is -0.250 e. The lowest BCUT2D eigenvalue weighted by Crippen LogP contribution is -2.42. The summed E-state index contributed by atoms with van der Waals surface area (Å²) in [5.41, 5.74) is 1.50. The quantitative estimate of drug-likeness (QED) is 0.120. The Balaban J connectivity index is 1.63. The molecule has 2 nitrogen and oxygen atoms in total. The van der Waals surface area contributed by atoms with E-state index >= 15 is 0 Å². The smallest absolute Gasteiger partial charge is 0.241 e. The van der Waals surface area contributed by atoms with Crippen molar-refractivity contribution in [3.05, 3.63) is 54.6 Å². The van der Waals surface area contributed by atoms with Crippen LogP contribution in [0.2, 0.25) is 0 Å². The van der Waals surface area contributed by atoms with Crippen LogP contribution in [0.15, 0.2) is 49.1 Å². The van der Waals surface area contributed by atoms with Crippen molar-refractivity contribution < 1.29 is 4.57 Å². The second-order valence-corrected chi connectivity index (χ2v) is 11.0. The van der Waals surface area contributed by atoms with E-state index in [9.17, 15) is 0 Å². The Morgan fingerprint density at radius 2 is 1.17 bits per heavy atom. The maximum Gasteiger partial charge on any atom is 0.241 e.